The Kier molecular flexibility index (Phi) is 6.42. The van der Waals surface area contributed by atoms with Gasteiger partial charge in [-0.1, -0.05) is 0 Å². The lowest BCUT2D eigenvalue weighted by atomic mass is 10.1. The number of hydrogen-bond acceptors (Lipinski definition) is 7. The molecular weight excluding hydrogens is 356 g/mol. The summed E-state index contributed by atoms with van der Waals surface area (Å²) in [6, 6.07) is 7.24. The lowest BCUT2D eigenvalue weighted by molar-refractivity contribution is -0.385. The summed E-state index contributed by atoms with van der Waals surface area (Å²) in [4.78, 5) is 23.5. The summed E-state index contributed by atoms with van der Waals surface area (Å²) in [6.45, 7) is 2.06. The quantitative estimate of drug-likeness (QED) is 0.556. The van der Waals surface area contributed by atoms with Crippen LogP contribution in [0.3, 0.4) is 0 Å². The Balaban J connectivity index is 2.45. The zero-order valence-corrected chi connectivity index (χ0v) is 15.4. The van der Waals surface area contributed by atoms with Crippen molar-refractivity contribution in [2.24, 2.45) is 0 Å². The Morgan fingerprint density at radius 2 is 1.74 bits per heavy atom. The smallest absolute Gasteiger partial charge is 0.286 e. The zero-order chi connectivity index (χ0) is 20.0. The van der Waals surface area contributed by atoms with Gasteiger partial charge in [-0.05, 0) is 19.1 Å². The molecule has 0 aliphatic rings. The van der Waals surface area contributed by atoms with E-state index >= 15 is 0 Å². The summed E-state index contributed by atoms with van der Waals surface area (Å²) in [7, 11) is 4.31. The second-order valence-corrected chi connectivity index (χ2v) is 5.23. The van der Waals surface area contributed by atoms with Crippen LogP contribution in [-0.4, -0.2) is 38.8 Å². The SMILES string of the molecule is CCOc1cc(C(=O)Nc2ccc(OC)cc2OC)c([N+](=O)[O-])cc1OC. The van der Waals surface area contributed by atoms with E-state index in [0.717, 1.165) is 6.07 Å². The first-order chi connectivity index (χ1) is 12.9. The number of carbonyl (C=O) groups excluding carboxylic acids is 1. The van der Waals surface area contributed by atoms with E-state index in [1.807, 2.05) is 0 Å². The highest BCUT2D eigenvalue weighted by atomic mass is 16.6. The van der Waals surface area contributed by atoms with Gasteiger partial charge < -0.3 is 24.3 Å². The van der Waals surface area contributed by atoms with Crippen molar-refractivity contribution in [1.29, 1.82) is 0 Å². The van der Waals surface area contributed by atoms with E-state index in [1.54, 1.807) is 25.1 Å². The summed E-state index contributed by atoms with van der Waals surface area (Å²) < 4.78 is 20.9. The van der Waals surface area contributed by atoms with E-state index in [1.165, 1.54) is 27.4 Å². The van der Waals surface area contributed by atoms with Gasteiger partial charge >= 0.3 is 0 Å². The summed E-state index contributed by atoms with van der Waals surface area (Å²) in [5.74, 6) is 0.608. The topological polar surface area (TPSA) is 109 Å². The number of rotatable bonds is 8. The van der Waals surface area contributed by atoms with Gasteiger partial charge in [0.2, 0.25) is 0 Å². The first-order valence-electron chi connectivity index (χ1n) is 7.97. The van der Waals surface area contributed by atoms with Crippen LogP contribution < -0.4 is 24.3 Å². The first-order valence-corrected chi connectivity index (χ1v) is 7.97. The van der Waals surface area contributed by atoms with Crippen molar-refractivity contribution in [3.05, 3.63) is 46.0 Å². The van der Waals surface area contributed by atoms with Crippen LogP contribution in [0.5, 0.6) is 23.0 Å². The van der Waals surface area contributed by atoms with Crippen LogP contribution in [0.4, 0.5) is 11.4 Å². The fraction of sp³-hybridized carbons (Fsp3) is 0.278. The average Bonchev–Trinajstić information content (AvgIpc) is 2.67. The third kappa shape index (κ3) is 4.38. The monoisotopic (exact) mass is 376 g/mol. The molecule has 144 valence electrons. The third-order valence-electron chi connectivity index (χ3n) is 3.68. The Labute approximate surface area is 155 Å². The van der Waals surface area contributed by atoms with Gasteiger partial charge in [-0.15, -0.1) is 0 Å². The highest BCUT2D eigenvalue weighted by Crippen LogP contribution is 2.36. The number of carbonyl (C=O) groups is 1. The minimum absolute atomic E-state index is 0.165. The van der Waals surface area contributed by atoms with Crippen LogP contribution in [0.2, 0.25) is 0 Å². The number of anilines is 1. The van der Waals surface area contributed by atoms with Gasteiger partial charge in [-0.2, -0.15) is 0 Å². The number of methoxy groups -OCH3 is 3. The van der Waals surface area contributed by atoms with E-state index in [4.69, 9.17) is 18.9 Å². The number of hydrogen-bond donors (Lipinski definition) is 1. The van der Waals surface area contributed by atoms with Gasteiger partial charge in [-0.25, -0.2) is 0 Å². The summed E-state index contributed by atoms with van der Waals surface area (Å²) in [5, 5.41) is 14.0. The van der Waals surface area contributed by atoms with Gasteiger partial charge in [-0.3, -0.25) is 14.9 Å². The average molecular weight is 376 g/mol. The molecule has 0 heterocycles. The fourth-order valence-corrected chi connectivity index (χ4v) is 2.40. The maximum absolute atomic E-state index is 12.7. The van der Waals surface area contributed by atoms with Crippen molar-refractivity contribution >= 4 is 17.3 Å². The Morgan fingerprint density at radius 3 is 2.30 bits per heavy atom. The van der Waals surface area contributed by atoms with Crippen molar-refractivity contribution in [2.45, 2.75) is 6.92 Å². The van der Waals surface area contributed by atoms with Crippen LogP contribution in [-0.2, 0) is 0 Å². The van der Waals surface area contributed by atoms with Crippen molar-refractivity contribution in [2.75, 3.05) is 33.3 Å². The number of nitro groups is 1. The fourth-order valence-electron chi connectivity index (χ4n) is 2.40. The van der Waals surface area contributed by atoms with E-state index in [0.29, 0.717) is 23.8 Å². The number of amides is 1. The van der Waals surface area contributed by atoms with E-state index < -0.39 is 16.5 Å². The van der Waals surface area contributed by atoms with Gasteiger partial charge in [0, 0.05) is 12.1 Å². The van der Waals surface area contributed by atoms with E-state index in [-0.39, 0.29) is 17.1 Å². The molecule has 0 unspecified atom stereocenters. The van der Waals surface area contributed by atoms with E-state index in [9.17, 15) is 14.9 Å². The predicted octanol–water partition coefficient (Wildman–Crippen LogP) is 3.27. The molecular formula is C18H20N2O7. The maximum Gasteiger partial charge on any atom is 0.286 e. The Morgan fingerprint density at radius 1 is 1.04 bits per heavy atom. The Bertz CT molecular complexity index is 852. The molecule has 0 saturated heterocycles. The molecule has 1 N–H and O–H groups in total. The summed E-state index contributed by atoms with van der Waals surface area (Å²) in [6.07, 6.45) is 0. The molecule has 0 aliphatic carbocycles. The normalized spacial score (nSPS) is 10.1. The first kappa shape index (κ1) is 19.8. The molecule has 0 aromatic heterocycles. The molecule has 9 heteroatoms. The largest absolute Gasteiger partial charge is 0.497 e. The molecule has 0 bridgehead atoms. The molecule has 1 amide bonds. The van der Waals surface area contributed by atoms with Gasteiger partial charge in [0.1, 0.15) is 17.1 Å². The summed E-state index contributed by atoms with van der Waals surface area (Å²) >= 11 is 0. The lowest BCUT2D eigenvalue weighted by Gasteiger charge is -2.14. The van der Waals surface area contributed by atoms with Crippen LogP contribution in [0, 0.1) is 10.1 Å². The summed E-state index contributed by atoms with van der Waals surface area (Å²) in [5.41, 5.74) is -0.228. The molecule has 0 atom stereocenters. The maximum atomic E-state index is 12.7. The van der Waals surface area contributed by atoms with Crippen LogP contribution >= 0.6 is 0 Å². The highest BCUT2D eigenvalue weighted by Gasteiger charge is 2.25. The highest BCUT2D eigenvalue weighted by molar-refractivity contribution is 6.08. The molecule has 2 rings (SSSR count). The molecule has 27 heavy (non-hydrogen) atoms. The zero-order valence-electron chi connectivity index (χ0n) is 15.4. The minimum Gasteiger partial charge on any atom is -0.497 e. The van der Waals surface area contributed by atoms with Crippen LogP contribution in [0.1, 0.15) is 17.3 Å². The third-order valence-corrected chi connectivity index (χ3v) is 3.68. The van der Waals surface area contributed by atoms with E-state index in [2.05, 4.69) is 5.32 Å². The minimum atomic E-state index is -0.686. The molecule has 9 nitrogen and oxygen atoms in total. The lowest BCUT2D eigenvalue weighted by Crippen LogP contribution is -2.15. The number of nitrogens with zero attached hydrogens (tertiary/aromatic N) is 1. The van der Waals surface area contributed by atoms with Gasteiger partial charge in [0.25, 0.3) is 11.6 Å². The van der Waals surface area contributed by atoms with Crippen molar-refractivity contribution < 1.29 is 28.7 Å². The number of benzene rings is 2. The molecule has 2 aromatic carbocycles. The van der Waals surface area contributed by atoms with Gasteiger partial charge in [0.05, 0.1) is 44.6 Å². The second kappa shape index (κ2) is 8.75. The Hall–Kier alpha value is -3.49. The number of ether oxygens (including phenoxy) is 4. The van der Waals surface area contributed by atoms with Crippen molar-refractivity contribution in [3.63, 3.8) is 0 Å². The van der Waals surface area contributed by atoms with Crippen molar-refractivity contribution in [3.8, 4) is 23.0 Å². The number of nitro benzene ring substituents is 1. The molecule has 0 spiro atoms. The van der Waals surface area contributed by atoms with Crippen LogP contribution in [0.15, 0.2) is 30.3 Å². The standard InChI is InChI=1S/C18H20N2O7/c1-5-27-17-9-12(14(20(22)23)10-16(17)26-4)18(21)19-13-7-6-11(24-2)8-15(13)25-3/h6-10H,5H2,1-4H3,(H,19,21). The predicted molar refractivity (Wildman–Crippen MR) is 98.3 cm³/mol. The molecule has 0 saturated carbocycles. The van der Waals surface area contributed by atoms with Crippen molar-refractivity contribution in [1.82, 2.24) is 0 Å². The molecule has 2 aromatic rings. The number of nitrogens with one attached hydrogen (secondary N) is 1. The van der Waals surface area contributed by atoms with Crippen LogP contribution in [0.25, 0.3) is 0 Å². The van der Waals surface area contributed by atoms with Gasteiger partial charge in [0.15, 0.2) is 11.5 Å². The molecule has 0 fully saturated rings. The molecule has 0 aliphatic heterocycles. The molecule has 0 radical (unpaired) electrons. The second-order valence-electron chi connectivity index (χ2n) is 5.23.